The van der Waals surface area contributed by atoms with Gasteiger partial charge in [0.25, 0.3) is 0 Å². The van der Waals surface area contributed by atoms with E-state index in [0.717, 1.165) is 22.4 Å². The molecule has 1 unspecified atom stereocenters. The first-order chi connectivity index (χ1) is 5.83. The third-order valence-electron chi connectivity index (χ3n) is 1.88. The van der Waals surface area contributed by atoms with Gasteiger partial charge in [-0.05, 0) is 22.0 Å². The van der Waals surface area contributed by atoms with E-state index in [-0.39, 0.29) is 6.10 Å². The van der Waals surface area contributed by atoms with Crippen molar-refractivity contribution >= 4 is 15.9 Å². The lowest BCUT2D eigenvalue weighted by molar-refractivity contribution is 0.381. The first-order valence-electron chi connectivity index (χ1n) is 3.77. The van der Waals surface area contributed by atoms with Gasteiger partial charge in [0.2, 0.25) is 0 Å². The van der Waals surface area contributed by atoms with Crippen LogP contribution >= 0.6 is 15.9 Å². The molecule has 0 spiro atoms. The first kappa shape index (κ1) is 8.08. The molecule has 1 saturated heterocycles. The van der Waals surface area contributed by atoms with Gasteiger partial charge in [-0.15, -0.1) is 0 Å². The molecular weight excluding hydrogens is 220 g/mol. The van der Waals surface area contributed by atoms with Crippen LogP contribution in [0, 0.1) is 0 Å². The Morgan fingerprint density at radius 3 is 2.92 bits per heavy atom. The normalized spacial score (nSPS) is 20.7. The Kier molecular flexibility index (Phi) is 2.07. The molecule has 1 aromatic carbocycles. The highest BCUT2D eigenvalue weighted by Gasteiger charge is 2.28. The summed E-state index contributed by atoms with van der Waals surface area (Å²) < 4.78 is 11.4. The molecule has 1 aliphatic heterocycles. The second kappa shape index (κ2) is 3.07. The van der Waals surface area contributed by atoms with Crippen molar-refractivity contribution in [3.8, 4) is 5.75 Å². The summed E-state index contributed by atoms with van der Waals surface area (Å²) in [4.78, 5) is 0. The van der Waals surface area contributed by atoms with Crippen molar-refractivity contribution in [3.63, 3.8) is 0 Å². The highest BCUT2D eigenvalue weighted by Crippen LogP contribution is 2.39. The van der Waals surface area contributed by atoms with Crippen molar-refractivity contribution in [1.82, 2.24) is 0 Å². The van der Waals surface area contributed by atoms with Crippen LogP contribution in [-0.4, -0.2) is 13.7 Å². The predicted octanol–water partition coefficient (Wildman–Crippen LogP) is 2.53. The topological polar surface area (TPSA) is 21.8 Å². The summed E-state index contributed by atoms with van der Waals surface area (Å²) in [6, 6.07) is 5.98. The number of para-hydroxylation sites is 1. The Hall–Kier alpha value is -0.540. The van der Waals surface area contributed by atoms with Gasteiger partial charge in [0.1, 0.15) is 11.9 Å². The van der Waals surface area contributed by atoms with Gasteiger partial charge in [0, 0.05) is 5.56 Å². The molecule has 2 rings (SSSR count). The Bertz CT molecular complexity index is 295. The van der Waals surface area contributed by atoms with Crippen LogP contribution in [0.4, 0.5) is 0 Å². The van der Waals surface area contributed by atoms with E-state index in [1.54, 1.807) is 7.11 Å². The maximum absolute atomic E-state index is 5.25. The maximum atomic E-state index is 5.25. The molecule has 64 valence electrons. The molecule has 0 N–H and O–H groups in total. The number of hydrogen-bond donors (Lipinski definition) is 0. The van der Waals surface area contributed by atoms with Crippen LogP contribution in [0.15, 0.2) is 22.7 Å². The minimum absolute atomic E-state index is 0.248. The highest BCUT2D eigenvalue weighted by molar-refractivity contribution is 9.10. The molecule has 0 bridgehead atoms. The van der Waals surface area contributed by atoms with E-state index in [2.05, 4.69) is 15.9 Å². The molecule has 12 heavy (non-hydrogen) atoms. The van der Waals surface area contributed by atoms with E-state index >= 15 is 0 Å². The number of benzene rings is 1. The third kappa shape index (κ3) is 1.34. The largest absolute Gasteiger partial charge is 0.495 e. The second-order valence-electron chi connectivity index (χ2n) is 2.68. The molecule has 0 aliphatic carbocycles. The Morgan fingerprint density at radius 1 is 1.58 bits per heavy atom. The summed E-state index contributed by atoms with van der Waals surface area (Å²) in [5, 5.41) is 0. The van der Waals surface area contributed by atoms with Crippen molar-refractivity contribution in [1.29, 1.82) is 0 Å². The quantitative estimate of drug-likeness (QED) is 0.727. The molecule has 0 aromatic heterocycles. The summed E-state index contributed by atoms with van der Waals surface area (Å²) in [7, 11) is 1.67. The molecule has 1 atom stereocenters. The van der Waals surface area contributed by atoms with E-state index in [9.17, 15) is 0 Å². The Balaban J connectivity index is 2.43. The third-order valence-corrected chi connectivity index (χ3v) is 2.51. The van der Waals surface area contributed by atoms with Crippen molar-refractivity contribution in [3.05, 3.63) is 28.2 Å². The smallest absolute Gasteiger partial charge is 0.138 e. The molecule has 0 amide bonds. The van der Waals surface area contributed by atoms with E-state index in [1.807, 2.05) is 18.2 Å². The zero-order valence-electron chi connectivity index (χ0n) is 6.71. The van der Waals surface area contributed by atoms with Crippen LogP contribution < -0.4 is 4.74 Å². The number of ether oxygens (including phenoxy) is 2. The van der Waals surface area contributed by atoms with Gasteiger partial charge >= 0.3 is 0 Å². The number of methoxy groups -OCH3 is 1. The van der Waals surface area contributed by atoms with Crippen molar-refractivity contribution < 1.29 is 9.47 Å². The number of hydrogen-bond acceptors (Lipinski definition) is 2. The van der Waals surface area contributed by atoms with E-state index in [4.69, 9.17) is 9.47 Å². The maximum Gasteiger partial charge on any atom is 0.138 e. The SMILES string of the molecule is COc1c(Br)cccc1C1CO1. The van der Waals surface area contributed by atoms with Crippen molar-refractivity contribution in [2.75, 3.05) is 13.7 Å². The zero-order chi connectivity index (χ0) is 8.55. The monoisotopic (exact) mass is 228 g/mol. The van der Waals surface area contributed by atoms with E-state index in [1.165, 1.54) is 0 Å². The molecule has 3 heteroatoms. The minimum Gasteiger partial charge on any atom is -0.495 e. The average molecular weight is 229 g/mol. The van der Waals surface area contributed by atoms with Crippen LogP contribution in [0.25, 0.3) is 0 Å². The lowest BCUT2D eigenvalue weighted by Gasteiger charge is -2.07. The summed E-state index contributed by atoms with van der Waals surface area (Å²) >= 11 is 3.42. The molecule has 1 fully saturated rings. The summed E-state index contributed by atoms with van der Waals surface area (Å²) in [6.07, 6.45) is 0.248. The lowest BCUT2D eigenvalue weighted by Crippen LogP contribution is -1.91. The standard InChI is InChI=1S/C9H9BrO2/c1-11-9-6(8-5-12-8)3-2-4-7(9)10/h2-4,8H,5H2,1H3. The van der Waals surface area contributed by atoms with Gasteiger partial charge in [-0.3, -0.25) is 0 Å². The minimum atomic E-state index is 0.248. The van der Waals surface area contributed by atoms with Gasteiger partial charge < -0.3 is 9.47 Å². The Labute approximate surface area is 79.6 Å². The Morgan fingerprint density at radius 2 is 2.33 bits per heavy atom. The highest BCUT2D eigenvalue weighted by atomic mass is 79.9. The zero-order valence-corrected chi connectivity index (χ0v) is 8.30. The van der Waals surface area contributed by atoms with Crippen LogP contribution in [-0.2, 0) is 4.74 Å². The number of halogens is 1. The molecule has 0 saturated carbocycles. The van der Waals surface area contributed by atoms with Gasteiger partial charge in [0.15, 0.2) is 0 Å². The number of rotatable bonds is 2. The number of epoxide rings is 1. The second-order valence-corrected chi connectivity index (χ2v) is 3.54. The van der Waals surface area contributed by atoms with Gasteiger partial charge in [-0.25, -0.2) is 0 Å². The fraction of sp³-hybridized carbons (Fsp3) is 0.333. The molecular formula is C9H9BrO2. The summed E-state index contributed by atoms with van der Waals surface area (Å²) in [6.45, 7) is 0.812. The van der Waals surface area contributed by atoms with Crippen LogP contribution in [0.2, 0.25) is 0 Å². The fourth-order valence-corrected chi connectivity index (χ4v) is 1.77. The van der Waals surface area contributed by atoms with Gasteiger partial charge in [0.05, 0.1) is 18.2 Å². The molecule has 1 aromatic rings. The van der Waals surface area contributed by atoms with Crippen molar-refractivity contribution in [2.24, 2.45) is 0 Å². The molecule has 0 radical (unpaired) electrons. The summed E-state index contributed by atoms with van der Waals surface area (Å²) in [5.74, 6) is 0.889. The van der Waals surface area contributed by atoms with Gasteiger partial charge in [-0.2, -0.15) is 0 Å². The van der Waals surface area contributed by atoms with Crippen LogP contribution in [0.1, 0.15) is 11.7 Å². The molecule has 2 nitrogen and oxygen atoms in total. The predicted molar refractivity (Wildman–Crippen MR) is 49.4 cm³/mol. The fourth-order valence-electron chi connectivity index (χ4n) is 1.22. The van der Waals surface area contributed by atoms with E-state index in [0.29, 0.717) is 0 Å². The van der Waals surface area contributed by atoms with Crippen LogP contribution in [0.3, 0.4) is 0 Å². The van der Waals surface area contributed by atoms with E-state index < -0.39 is 0 Å². The molecule has 1 aliphatic rings. The summed E-state index contributed by atoms with van der Waals surface area (Å²) in [5.41, 5.74) is 1.13. The molecule has 1 heterocycles. The van der Waals surface area contributed by atoms with Gasteiger partial charge in [-0.1, -0.05) is 12.1 Å². The first-order valence-corrected chi connectivity index (χ1v) is 4.56. The lowest BCUT2D eigenvalue weighted by atomic mass is 10.1. The van der Waals surface area contributed by atoms with Crippen LogP contribution in [0.5, 0.6) is 5.75 Å². The van der Waals surface area contributed by atoms with Crippen molar-refractivity contribution in [2.45, 2.75) is 6.10 Å². The average Bonchev–Trinajstić information content (AvgIpc) is 2.86.